The summed E-state index contributed by atoms with van der Waals surface area (Å²) < 4.78 is 68.4. The molecule has 576 valence electrons. The fourth-order valence-corrected chi connectivity index (χ4v) is 13.6. The molecule has 0 rings (SSSR count). The molecule has 97 heavy (non-hydrogen) atoms. The number of phosphoric ester groups is 2. The van der Waals surface area contributed by atoms with Crippen molar-refractivity contribution in [1.29, 1.82) is 0 Å². The number of hydrogen-bond donors (Lipinski definition) is 3. The summed E-state index contributed by atoms with van der Waals surface area (Å²) in [6.45, 7) is 7.19. The average Bonchev–Trinajstić information content (AvgIpc) is 2.37. The van der Waals surface area contributed by atoms with Crippen molar-refractivity contribution >= 4 is 39.5 Å². The summed E-state index contributed by atoms with van der Waals surface area (Å²) in [5, 5.41) is 10.6. The quantitative estimate of drug-likeness (QED) is 0.0222. The highest BCUT2D eigenvalue weighted by Crippen LogP contribution is 2.45. The molecule has 0 aromatic rings. The zero-order valence-corrected chi connectivity index (χ0v) is 65.0. The second-order valence-corrected chi connectivity index (χ2v) is 31.5. The van der Waals surface area contributed by atoms with E-state index in [-0.39, 0.29) is 25.7 Å². The third-order valence-electron chi connectivity index (χ3n) is 18.3. The Balaban J connectivity index is 5.14. The minimum atomic E-state index is -4.96. The number of aliphatic hydroxyl groups excluding tert-OH is 1. The van der Waals surface area contributed by atoms with Crippen LogP contribution >= 0.6 is 15.6 Å². The number of hydrogen-bond acceptors (Lipinski definition) is 15. The van der Waals surface area contributed by atoms with Gasteiger partial charge in [0, 0.05) is 25.7 Å². The van der Waals surface area contributed by atoms with Crippen molar-refractivity contribution in [2.24, 2.45) is 5.92 Å². The van der Waals surface area contributed by atoms with Gasteiger partial charge in [-0.25, -0.2) is 9.13 Å². The maximum Gasteiger partial charge on any atom is 0.472 e. The molecule has 5 atom stereocenters. The van der Waals surface area contributed by atoms with Gasteiger partial charge in [0.15, 0.2) is 12.2 Å². The van der Waals surface area contributed by atoms with Crippen LogP contribution in [0.3, 0.4) is 0 Å². The minimum Gasteiger partial charge on any atom is -0.462 e. The monoisotopic (exact) mass is 1420 g/mol. The second kappa shape index (κ2) is 71.1. The molecule has 0 spiro atoms. The highest BCUT2D eigenvalue weighted by Gasteiger charge is 2.30. The van der Waals surface area contributed by atoms with E-state index < -0.39 is 97.5 Å². The van der Waals surface area contributed by atoms with Gasteiger partial charge in [0.1, 0.15) is 19.3 Å². The number of aliphatic hydroxyl groups is 1. The third-order valence-corrected chi connectivity index (χ3v) is 20.2. The van der Waals surface area contributed by atoms with Gasteiger partial charge < -0.3 is 33.8 Å². The number of phosphoric acid groups is 2. The number of esters is 4. The van der Waals surface area contributed by atoms with E-state index in [2.05, 4.69) is 34.6 Å². The molecule has 0 aliphatic heterocycles. The van der Waals surface area contributed by atoms with Crippen molar-refractivity contribution in [3.63, 3.8) is 0 Å². The third kappa shape index (κ3) is 72.2. The lowest BCUT2D eigenvalue weighted by Gasteiger charge is -2.21. The van der Waals surface area contributed by atoms with E-state index in [1.807, 2.05) is 0 Å². The van der Waals surface area contributed by atoms with Crippen LogP contribution in [-0.2, 0) is 65.4 Å². The number of carbonyl (C=O) groups is 4. The van der Waals surface area contributed by atoms with Crippen molar-refractivity contribution in [3.8, 4) is 0 Å². The van der Waals surface area contributed by atoms with E-state index in [0.29, 0.717) is 31.6 Å². The molecule has 0 radical (unpaired) electrons. The van der Waals surface area contributed by atoms with E-state index >= 15 is 0 Å². The Morgan fingerprint density at radius 3 is 0.701 bits per heavy atom. The van der Waals surface area contributed by atoms with Gasteiger partial charge >= 0.3 is 39.5 Å². The Bertz CT molecular complexity index is 1860. The first kappa shape index (κ1) is 95.1. The van der Waals surface area contributed by atoms with Gasteiger partial charge in [-0.1, -0.05) is 362 Å². The van der Waals surface area contributed by atoms with Crippen LogP contribution in [0.25, 0.3) is 0 Å². The van der Waals surface area contributed by atoms with Gasteiger partial charge in [0.05, 0.1) is 26.4 Å². The molecule has 0 saturated heterocycles. The predicted octanol–water partition coefficient (Wildman–Crippen LogP) is 23.3. The number of carbonyl (C=O) groups excluding carboxylic acids is 4. The molecule has 0 saturated carbocycles. The maximum absolute atomic E-state index is 13.1. The van der Waals surface area contributed by atoms with E-state index in [1.54, 1.807) is 0 Å². The van der Waals surface area contributed by atoms with E-state index in [0.717, 1.165) is 103 Å². The van der Waals surface area contributed by atoms with Crippen LogP contribution in [0.15, 0.2) is 0 Å². The largest absolute Gasteiger partial charge is 0.472 e. The number of ether oxygens (including phenoxy) is 4. The van der Waals surface area contributed by atoms with Gasteiger partial charge in [0.25, 0.3) is 0 Å². The van der Waals surface area contributed by atoms with Crippen LogP contribution in [0.5, 0.6) is 0 Å². The summed E-state index contributed by atoms with van der Waals surface area (Å²) in [7, 11) is -9.90. The summed E-state index contributed by atoms with van der Waals surface area (Å²) >= 11 is 0. The molecule has 0 aromatic carbocycles. The average molecular weight is 1420 g/mol. The van der Waals surface area contributed by atoms with E-state index in [1.165, 1.54) is 225 Å². The highest BCUT2D eigenvalue weighted by atomic mass is 31.2. The zero-order valence-electron chi connectivity index (χ0n) is 63.2. The topological polar surface area (TPSA) is 237 Å². The summed E-state index contributed by atoms with van der Waals surface area (Å²) in [4.78, 5) is 72.7. The molecule has 0 fully saturated rings. The summed E-state index contributed by atoms with van der Waals surface area (Å²) in [6.07, 6.45) is 61.6. The van der Waals surface area contributed by atoms with E-state index in [9.17, 15) is 43.2 Å². The Labute approximate surface area is 594 Å². The van der Waals surface area contributed by atoms with Gasteiger partial charge in [-0.05, 0) is 31.6 Å². The lowest BCUT2D eigenvalue weighted by Crippen LogP contribution is -2.30. The van der Waals surface area contributed by atoms with Crippen molar-refractivity contribution in [1.82, 2.24) is 0 Å². The predicted molar refractivity (Wildman–Crippen MR) is 395 cm³/mol. The van der Waals surface area contributed by atoms with Gasteiger partial charge in [0.2, 0.25) is 0 Å². The summed E-state index contributed by atoms with van der Waals surface area (Å²) in [6, 6.07) is 0. The second-order valence-electron chi connectivity index (χ2n) is 28.6. The lowest BCUT2D eigenvalue weighted by atomic mass is 10.0. The first-order valence-electron chi connectivity index (χ1n) is 40.6. The van der Waals surface area contributed by atoms with Crippen molar-refractivity contribution < 1.29 is 80.2 Å². The van der Waals surface area contributed by atoms with Crippen LogP contribution in [0.1, 0.15) is 413 Å². The normalized spacial score (nSPS) is 13.9. The fraction of sp³-hybridized carbons (Fsp3) is 0.949. The Kier molecular flexibility index (Phi) is 69.6. The summed E-state index contributed by atoms with van der Waals surface area (Å²) in [5.74, 6) is -1.42. The van der Waals surface area contributed by atoms with E-state index in [4.69, 9.17) is 37.0 Å². The first-order chi connectivity index (χ1) is 47.0. The van der Waals surface area contributed by atoms with Crippen LogP contribution in [-0.4, -0.2) is 96.7 Å². The molecule has 0 aliphatic carbocycles. The first-order valence-corrected chi connectivity index (χ1v) is 43.6. The molecule has 0 heterocycles. The fourth-order valence-electron chi connectivity index (χ4n) is 12.1. The maximum atomic E-state index is 13.1. The molecule has 3 N–H and O–H groups in total. The Hall–Kier alpha value is -1.94. The SMILES string of the molecule is CCCCCCCCCCCCCCCCCCCCCCC(=O)OC[C@H](COP(=O)(O)OC[C@@H](O)COP(=O)(O)OC[C@@H](COC(=O)CCCCCCCCC)OC(=O)CCCCCCCCCC(C)C)OC(=O)CCCCCCCCCCCCCCCCCCCCCC. The molecular formula is C78H152O17P2. The smallest absolute Gasteiger partial charge is 0.462 e. The van der Waals surface area contributed by atoms with Gasteiger partial charge in [-0.3, -0.25) is 37.3 Å². The molecule has 19 heteroatoms. The molecular weight excluding hydrogens is 1270 g/mol. The minimum absolute atomic E-state index is 0.104. The molecule has 2 unspecified atom stereocenters. The lowest BCUT2D eigenvalue weighted by molar-refractivity contribution is -0.161. The van der Waals surface area contributed by atoms with Crippen LogP contribution in [0, 0.1) is 5.92 Å². The Morgan fingerprint density at radius 1 is 0.278 bits per heavy atom. The molecule has 0 aliphatic rings. The molecule has 0 bridgehead atoms. The van der Waals surface area contributed by atoms with Crippen LogP contribution < -0.4 is 0 Å². The standard InChI is InChI=1S/C78H152O17P2/c1-6-9-12-15-18-20-22-24-26-28-30-32-34-36-38-40-42-47-52-57-62-76(81)89-68-74(94-77(82)63-58-53-48-43-41-39-37-35-33-31-29-27-25-23-21-19-16-13-10-7-2)70-93-97(86,87)91-66-72(79)65-90-96(84,85)92-69-73(67-88-75(80)61-56-51-45-17-14-11-8-3)95-78(83)64-59-54-49-44-46-50-55-60-71(4)5/h71-74,79H,6-70H2,1-5H3,(H,84,85)(H,86,87)/t72-,73+,74+/m0/s1. The molecule has 0 aromatic heterocycles. The zero-order chi connectivity index (χ0) is 71.2. The van der Waals surface area contributed by atoms with Gasteiger partial charge in [-0.2, -0.15) is 0 Å². The van der Waals surface area contributed by atoms with Crippen LogP contribution in [0.2, 0.25) is 0 Å². The highest BCUT2D eigenvalue weighted by molar-refractivity contribution is 7.47. The molecule has 0 amide bonds. The Morgan fingerprint density at radius 2 is 0.474 bits per heavy atom. The number of unbranched alkanes of at least 4 members (excludes halogenated alkanes) is 50. The summed E-state index contributed by atoms with van der Waals surface area (Å²) in [5.41, 5.74) is 0. The van der Waals surface area contributed by atoms with Crippen molar-refractivity contribution in [3.05, 3.63) is 0 Å². The van der Waals surface area contributed by atoms with Crippen molar-refractivity contribution in [2.45, 2.75) is 432 Å². The van der Waals surface area contributed by atoms with Crippen molar-refractivity contribution in [2.75, 3.05) is 39.6 Å². The number of rotatable bonds is 78. The van der Waals surface area contributed by atoms with Crippen LogP contribution in [0.4, 0.5) is 0 Å². The molecule has 17 nitrogen and oxygen atoms in total. The van der Waals surface area contributed by atoms with Gasteiger partial charge in [-0.15, -0.1) is 0 Å².